The van der Waals surface area contributed by atoms with E-state index in [0.717, 1.165) is 11.1 Å². The van der Waals surface area contributed by atoms with Crippen molar-refractivity contribution in [1.29, 1.82) is 0 Å². The Morgan fingerprint density at radius 2 is 1.11 bits per heavy atom. The quantitative estimate of drug-likeness (QED) is 0.542. The fourth-order valence-electron chi connectivity index (χ4n) is 4.14. The topological polar surface area (TPSA) is 104 Å². The van der Waals surface area contributed by atoms with E-state index in [9.17, 15) is 21.6 Å². The average molecular weight is 550 g/mol. The van der Waals surface area contributed by atoms with Crippen molar-refractivity contribution in [2.24, 2.45) is 0 Å². The third-order valence-electron chi connectivity index (χ3n) is 6.22. The molecule has 0 radical (unpaired) electrons. The minimum absolute atomic E-state index is 0.0473. The second-order valence-electron chi connectivity index (χ2n) is 9.22. The van der Waals surface area contributed by atoms with Gasteiger partial charge in [-0.25, -0.2) is 21.6 Å². The van der Waals surface area contributed by atoms with E-state index in [1.165, 1.54) is 20.6 Å². The molecule has 0 saturated carbocycles. The Morgan fingerprint density at radius 1 is 0.730 bits per heavy atom. The second kappa shape index (κ2) is 12.2. The van der Waals surface area contributed by atoms with Crippen LogP contribution in [-0.4, -0.2) is 82.8 Å². The van der Waals surface area contributed by atoms with Crippen LogP contribution in [0.4, 0.5) is 4.79 Å². The lowest BCUT2D eigenvalue weighted by Crippen LogP contribution is -2.42. The van der Waals surface area contributed by atoms with Crippen molar-refractivity contribution in [3.63, 3.8) is 0 Å². The van der Waals surface area contributed by atoms with Gasteiger partial charge in [-0.3, -0.25) is 0 Å². The molecule has 0 aromatic heterocycles. The lowest BCUT2D eigenvalue weighted by atomic mass is 10.2. The van der Waals surface area contributed by atoms with Crippen molar-refractivity contribution in [2.45, 2.75) is 36.5 Å². The van der Waals surface area contributed by atoms with Gasteiger partial charge in [0.1, 0.15) is 0 Å². The number of amides is 1. The first-order valence-electron chi connectivity index (χ1n) is 12.1. The lowest BCUT2D eigenvalue weighted by Gasteiger charge is -2.30. The highest BCUT2D eigenvalue weighted by molar-refractivity contribution is 7.89. The number of aryl methyl sites for hydroxylation is 2. The molecule has 1 aliphatic rings. The molecule has 9 nitrogen and oxygen atoms in total. The summed E-state index contributed by atoms with van der Waals surface area (Å²) in [6.07, 6.45) is 0.236. The highest BCUT2D eigenvalue weighted by Crippen LogP contribution is 2.22. The van der Waals surface area contributed by atoms with Crippen molar-refractivity contribution in [2.75, 3.05) is 46.4 Å². The van der Waals surface area contributed by atoms with E-state index in [4.69, 9.17) is 4.74 Å². The maximum absolute atomic E-state index is 13.5. The Hall–Kier alpha value is -2.73. The number of hydrogen-bond donors (Lipinski definition) is 0. The number of carbonyl (C=O) groups is 1. The Labute approximate surface area is 220 Å². The summed E-state index contributed by atoms with van der Waals surface area (Å²) in [6.45, 7) is 8.50. The van der Waals surface area contributed by atoms with E-state index in [1.54, 1.807) is 48.5 Å². The van der Waals surface area contributed by atoms with Gasteiger partial charge in [0.05, 0.1) is 16.9 Å². The molecule has 37 heavy (non-hydrogen) atoms. The highest BCUT2D eigenvalue weighted by Gasteiger charge is 2.30. The predicted octanol–water partition coefficient (Wildman–Crippen LogP) is 3.40. The van der Waals surface area contributed by atoms with Crippen LogP contribution in [0.2, 0.25) is 0 Å². The number of sulfonamides is 2. The largest absolute Gasteiger partial charge is 0.453 e. The zero-order valence-corrected chi connectivity index (χ0v) is 23.2. The number of methoxy groups -OCH3 is 1. The normalized spacial score (nSPS) is 17.6. The third kappa shape index (κ3) is 7.19. The van der Waals surface area contributed by atoms with E-state index in [-0.39, 0.29) is 49.1 Å². The molecule has 0 spiro atoms. The van der Waals surface area contributed by atoms with Gasteiger partial charge in [-0.05, 0) is 56.5 Å². The van der Waals surface area contributed by atoms with E-state index >= 15 is 0 Å². The lowest BCUT2D eigenvalue weighted by molar-refractivity contribution is 0.121. The Bertz CT molecular complexity index is 1210. The maximum atomic E-state index is 13.5. The van der Waals surface area contributed by atoms with Gasteiger partial charge in [0, 0.05) is 39.3 Å². The highest BCUT2D eigenvalue weighted by atomic mass is 32.2. The van der Waals surface area contributed by atoms with E-state index in [0.29, 0.717) is 18.4 Å². The van der Waals surface area contributed by atoms with Crippen molar-refractivity contribution in [3.05, 3.63) is 71.8 Å². The molecule has 11 heteroatoms. The van der Waals surface area contributed by atoms with Crippen molar-refractivity contribution in [3.8, 4) is 0 Å². The van der Waals surface area contributed by atoms with Crippen LogP contribution in [-0.2, 0) is 24.8 Å². The number of ether oxygens (including phenoxy) is 1. The van der Waals surface area contributed by atoms with Gasteiger partial charge in [-0.2, -0.15) is 8.61 Å². The van der Waals surface area contributed by atoms with Gasteiger partial charge in [0.25, 0.3) is 0 Å². The Morgan fingerprint density at radius 3 is 1.46 bits per heavy atom. The number of benzene rings is 2. The average Bonchev–Trinajstić information content (AvgIpc) is 2.85. The predicted molar refractivity (Wildman–Crippen MR) is 142 cm³/mol. The monoisotopic (exact) mass is 549 g/mol. The molecule has 202 valence electrons. The summed E-state index contributed by atoms with van der Waals surface area (Å²) in [4.78, 5) is 14.1. The molecule has 1 saturated heterocycles. The SMILES string of the molecule is C=C1CN(S(=O)(=O)c2ccc(C)cc2)CCCN(C(=O)OC)CCCN(S(=O)(=O)c2ccc(C)cc2)C1. The molecule has 2 aromatic rings. The zero-order chi connectivity index (χ0) is 27.2. The molecular formula is C26H35N3O6S2. The van der Waals surface area contributed by atoms with E-state index in [2.05, 4.69) is 6.58 Å². The smallest absolute Gasteiger partial charge is 0.409 e. The second-order valence-corrected chi connectivity index (χ2v) is 13.1. The van der Waals surface area contributed by atoms with Crippen LogP contribution >= 0.6 is 0 Å². The summed E-state index contributed by atoms with van der Waals surface area (Å²) in [6, 6.07) is 13.1. The van der Waals surface area contributed by atoms with Crippen LogP contribution in [0.3, 0.4) is 0 Å². The molecule has 0 bridgehead atoms. The summed E-state index contributed by atoms with van der Waals surface area (Å²) in [5.74, 6) is 0. The molecule has 0 atom stereocenters. The summed E-state index contributed by atoms with van der Waals surface area (Å²) in [5, 5.41) is 0. The van der Waals surface area contributed by atoms with Gasteiger partial charge in [0.15, 0.2) is 0 Å². The van der Waals surface area contributed by atoms with Gasteiger partial charge in [0.2, 0.25) is 20.0 Å². The summed E-state index contributed by atoms with van der Waals surface area (Å²) in [7, 11) is -6.48. The van der Waals surface area contributed by atoms with E-state index in [1.807, 2.05) is 13.8 Å². The number of hydrogen-bond acceptors (Lipinski definition) is 6. The molecule has 2 aromatic carbocycles. The van der Waals surface area contributed by atoms with E-state index < -0.39 is 26.1 Å². The van der Waals surface area contributed by atoms with Crippen molar-refractivity contribution >= 4 is 26.1 Å². The summed E-state index contributed by atoms with van der Waals surface area (Å²) >= 11 is 0. The first-order chi connectivity index (χ1) is 17.4. The Balaban J connectivity index is 1.94. The molecule has 0 unspecified atom stereocenters. The first-order valence-corrected chi connectivity index (χ1v) is 15.0. The van der Waals surface area contributed by atoms with Crippen LogP contribution < -0.4 is 0 Å². The molecule has 1 amide bonds. The minimum atomic E-state index is -3.88. The maximum Gasteiger partial charge on any atom is 0.409 e. The van der Waals surface area contributed by atoms with Crippen LogP contribution in [0.15, 0.2) is 70.5 Å². The fraction of sp³-hybridized carbons (Fsp3) is 0.423. The number of nitrogens with zero attached hydrogens (tertiary/aromatic N) is 3. The molecule has 1 aliphatic heterocycles. The fourth-order valence-corrected chi connectivity index (χ4v) is 7.14. The molecule has 1 fully saturated rings. The summed E-state index contributed by atoms with van der Waals surface area (Å²) < 4.78 is 61.5. The molecule has 1 heterocycles. The minimum Gasteiger partial charge on any atom is -0.453 e. The van der Waals surface area contributed by atoms with Gasteiger partial charge >= 0.3 is 6.09 Å². The van der Waals surface area contributed by atoms with Gasteiger partial charge in [-0.15, -0.1) is 0 Å². The van der Waals surface area contributed by atoms with Gasteiger partial charge < -0.3 is 9.64 Å². The standard InChI is InChI=1S/C26H35N3O6S2/c1-21-7-11-24(12-8-21)36(31,32)28-17-5-15-27(26(30)35-4)16-6-18-29(20-23(3)19-28)37(33,34)25-13-9-22(2)10-14-25/h7-14H,3,5-6,15-20H2,1-2,4H3. The molecule has 0 aliphatic carbocycles. The van der Waals surface area contributed by atoms with Crippen LogP contribution in [0, 0.1) is 13.8 Å². The molecular weight excluding hydrogens is 514 g/mol. The zero-order valence-electron chi connectivity index (χ0n) is 21.6. The van der Waals surface area contributed by atoms with Crippen molar-refractivity contribution < 1.29 is 26.4 Å². The number of carbonyl (C=O) groups excluding carboxylic acids is 1. The number of rotatable bonds is 4. The molecule has 3 rings (SSSR count). The Kier molecular flexibility index (Phi) is 9.51. The van der Waals surface area contributed by atoms with Crippen LogP contribution in [0.25, 0.3) is 0 Å². The first kappa shape index (κ1) is 28.8. The third-order valence-corrected chi connectivity index (χ3v) is 9.94. The van der Waals surface area contributed by atoms with Crippen LogP contribution in [0.1, 0.15) is 24.0 Å². The van der Waals surface area contributed by atoms with Gasteiger partial charge in [-0.1, -0.05) is 42.0 Å². The molecule has 0 N–H and O–H groups in total. The van der Waals surface area contributed by atoms with Crippen molar-refractivity contribution in [1.82, 2.24) is 13.5 Å². The van der Waals surface area contributed by atoms with Crippen LogP contribution in [0.5, 0.6) is 0 Å². The summed E-state index contributed by atoms with van der Waals surface area (Å²) in [5.41, 5.74) is 2.32.